The first-order valence-corrected chi connectivity index (χ1v) is 6.11. The maximum absolute atomic E-state index is 12.0. The van der Waals surface area contributed by atoms with Gasteiger partial charge in [-0.25, -0.2) is 8.78 Å². The van der Waals surface area contributed by atoms with E-state index in [1.807, 2.05) is 13.0 Å². The number of benzene rings is 1. The number of allylic oxidation sites excluding steroid dienone is 1. The van der Waals surface area contributed by atoms with Crippen molar-refractivity contribution in [1.29, 1.82) is 0 Å². The van der Waals surface area contributed by atoms with Gasteiger partial charge in [0.2, 0.25) is 0 Å². The average Bonchev–Trinajstić information content (AvgIpc) is 2.47. The summed E-state index contributed by atoms with van der Waals surface area (Å²) < 4.78 is 28.9. The zero-order valence-corrected chi connectivity index (χ0v) is 11.0. The zero-order chi connectivity index (χ0) is 14.4. The molecule has 0 radical (unpaired) electrons. The second kappa shape index (κ2) is 6.75. The standard InChI is InChI=1S/C15H14F2N2O/c1-11(14-9-18-6-7-19-14)8-12-2-4-13(5-3-12)20-10-15(16)17/h2-9,15H,10H2,1H3. The van der Waals surface area contributed by atoms with Crippen molar-refractivity contribution < 1.29 is 13.5 Å². The van der Waals surface area contributed by atoms with Gasteiger partial charge in [0.15, 0.2) is 0 Å². The minimum atomic E-state index is -2.46. The number of hydrogen-bond donors (Lipinski definition) is 0. The predicted octanol–water partition coefficient (Wildman–Crippen LogP) is 3.68. The molecule has 0 amide bonds. The van der Waals surface area contributed by atoms with Crippen LogP contribution in [0.25, 0.3) is 11.6 Å². The summed E-state index contributed by atoms with van der Waals surface area (Å²) in [5, 5.41) is 0. The van der Waals surface area contributed by atoms with Crippen LogP contribution >= 0.6 is 0 Å². The molecule has 1 aromatic carbocycles. The Bertz CT molecular complexity index is 568. The zero-order valence-electron chi connectivity index (χ0n) is 11.0. The van der Waals surface area contributed by atoms with Crippen LogP contribution in [0.15, 0.2) is 42.9 Å². The highest BCUT2D eigenvalue weighted by Gasteiger charge is 2.03. The van der Waals surface area contributed by atoms with Crippen LogP contribution in [0.3, 0.4) is 0 Å². The van der Waals surface area contributed by atoms with Crippen molar-refractivity contribution in [3.8, 4) is 5.75 Å². The van der Waals surface area contributed by atoms with Gasteiger partial charge in [-0.15, -0.1) is 0 Å². The van der Waals surface area contributed by atoms with Crippen LogP contribution in [-0.2, 0) is 0 Å². The SMILES string of the molecule is CC(=Cc1ccc(OCC(F)F)cc1)c1cnccn1. The van der Waals surface area contributed by atoms with Crippen LogP contribution in [0.4, 0.5) is 8.78 Å². The van der Waals surface area contributed by atoms with Crippen molar-refractivity contribution >= 4 is 11.6 Å². The maximum Gasteiger partial charge on any atom is 0.272 e. The molecule has 20 heavy (non-hydrogen) atoms. The largest absolute Gasteiger partial charge is 0.488 e. The first kappa shape index (κ1) is 14.1. The van der Waals surface area contributed by atoms with E-state index in [4.69, 9.17) is 4.74 Å². The first-order valence-electron chi connectivity index (χ1n) is 6.11. The molecule has 3 nitrogen and oxygen atoms in total. The van der Waals surface area contributed by atoms with Crippen molar-refractivity contribution in [1.82, 2.24) is 9.97 Å². The lowest BCUT2D eigenvalue weighted by Gasteiger charge is -2.05. The van der Waals surface area contributed by atoms with Gasteiger partial charge in [-0.1, -0.05) is 12.1 Å². The van der Waals surface area contributed by atoms with Gasteiger partial charge >= 0.3 is 0 Å². The third-order valence-electron chi connectivity index (χ3n) is 2.61. The fourth-order valence-electron chi connectivity index (χ4n) is 1.65. The van der Waals surface area contributed by atoms with Crippen molar-refractivity contribution in [2.45, 2.75) is 13.3 Å². The summed E-state index contributed by atoms with van der Waals surface area (Å²) in [6, 6.07) is 6.94. The minimum absolute atomic E-state index is 0.430. The molecule has 0 fully saturated rings. The Hall–Kier alpha value is -2.30. The molecule has 0 aliphatic carbocycles. The van der Waals surface area contributed by atoms with Gasteiger partial charge in [0, 0.05) is 12.4 Å². The number of rotatable bonds is 5. The molecule has 0 N–H and O–H groups in total. The van der Waals surface area contributed by atoms with Gasteiger partial charge in [0.05, 0.1) is 11.9 Å². The number of nitrogens with zero attached hydrogens (tertiary/aromatic N) is 2. The van der Waals surface area contributed by atoms with Crippen LogP contribution in [0.1, 0.15) is 18.2 Å². The number of aromatic nitrogens is 2. The van der Waals surface area contributed by atoms with E-state index < -0.39 is 13.0 Å². The van der Waals surface area contributed by atoms with Gasteiger partial charge in [-0.05, 0) is 36.3 Å². The highest BCUT2D eigenvalue weighted by atomic mass is 19.3. The maximum atomic E-state index is 12.0. The number of hydrogen-bond acceptors (Lipinski definition) is 3. The Labute approximate surface area is 116 Å². The van der Waals surface area contributed by atoms with Gasteiger partial charge in [-0.3, -0.25) is 9.97 Å². The fraction of sp³-hybridized carbons (Fsp3) is 0.200. The molecule has 0 spiro atoms. The molecule has 5 heteroatoms. The van der Waals surface area contributed by atoms with Crippen molar-refractivity contribution in [3.63, 3.8) is 0 Å². The van der Waals surface area contributed by atoms with E-state index in [0.717, 1.165) is 16.8 Å². The summed E-state index contributed by atoms with van der Waals surface area (Å²) in [6.07, 6.45) is 4.42. The number of alkyl halides is 2. The lowest BCUT2D eigenvalue weighted by molar-refractivity contribution is 0.0819. The summed E-state index contributed by atoms with van der Waals surface area (Å²) in [4.78, 5) is 8.21. The van der Waals surface area contributed by atoms with E-state index >= 15 is 0 Å². The summed E-state index contributed by atoms with van der Waals surface area (Å²) in [6.45, 7) is 1.35. The Morgan fingerprint density at radius 1 is 1.25 bits per heavy atom. The molecule has 0 bridgehead atoms. The average molecular weight is 276 g/mol. The van der Waals surface area contributed by atoms with Gasteiger partial charge in [0.25, 0.3) is 6.43 Å². The van der Waals surface area contributed by atoms with Gasteiger partial charge in [-0.2, -0.15) is 0 Å². The monoisotopic (exact) mass is 276 g/mol. The van der Waals surface area contributed by atoms with E-state index in [2.05, 4.69) is 9.97 Å². The second-order valence-electron chi connectivity index (χ2n) is 4.19. The molecule has 1 aromatic heterocycles. The normalized spacial score (nSPS) is 11.7. The number of halogens is 2. The predicted molar refractivity (Wildman–Crippen MR) is 73.5 cm³/mol. The minimum Gasteiger partial charge on any atom is -0.488 e. The molecule has 104 valence electrons. The Balaban J connectivity index is 2.07. The molecule has 0 saturated heterocycles. The van der Waals surface area contributed by atoms with Crippen LogP contribution in [0.2, 0.25) is 0 Å². The van der Waals surface area contributed by atoms with Crippen LogP contribution in [0, 0.1) is 0 Å². The van der Waals surface area contributed by atoms with E-state index in [9.17, 15) is 8.78 Å². The highest BCUT2D eigenvalue weighted by Crippen LogP contribution is 2.18. The third-order valence-corrected chi connectivity index (χ3v) is 2.61. The van der Waals surface area contributed by atoms with Crippen LogP contribution < -0.4 is 4.74 Å². The fourth-order valence-corrected chi connectivity index (χ4v) is 1.65. The van der Waals surface area contributed by atoms with Crippen molar-refractivity contribution in [2.75, 3.05) is 6.61 Å². The number of ether oxygens (including phenoxy) is 1. The van der Waals surface area contributed by atoms with Crippen molar-refractivity contribution in [2.24, 2.45) is 0 Å². The second-order valence-corrected chi connectivity index (χ2v) is 4.19. The van der Waals surface area contributed by atoms with Crippen molar-refractivity contribution in [3.05, 3.63) is 54.1 Å². The molecule has 2 aromatic rings. The topological polar surface area (TPSA) is 35.0 Å². The lowest BCUT2D eigenvalue weighted by atomic mass is 10.1. The van der Waals surface area contributed by atoms with E-state index in [1.165, 1.54) is 0 Å². The van der Waals surface area contributed by atoms with E-state index in [1.54, 1.807) is 42.9 Å². The summed E-state index contributed by atoms with van der Waals surface area (Å²) in [5.74, 6) is 0.430. The Morgan fingerprint density at radius 3 is 2.60 bits per heavy atom. The molecule has 0 unspecified atom stereocenters. The molecule has 1 heterocycles. The molecule has 0 aliphatic rings. The Kier molecular flexibility index (Phi) is 4.76. The van der Waals surface area contributed by atoms with Crippen LogP contribution in [-0.4, -0.2) is 23.0 Å². The summed E-state index contributed by atoms with van der Waals surface area (Å²) in [7, 11) is 0. The molecule has 0 atom stereocenters. The lowest BCUT2D eigenvalue weighted by Crippen LogP contribution is -2.06. The van der Waals surface area contributed by atoms with Gasteiger partial charge < -0.3 is 4.74 Å². The first-order chi connectivity index (χ1) is 9.65. The third kappa shape index (κ3) is 4.12. The highest BCUT2D eigenvalue weighted by molar-refractivity contribution is 5.78. The van der Waals surface area contributed by atoms with E-state index in [-0.39, 0.29) is 0 Å². The molecular formula is C15H14F2N2O. The Morgan fingerprint density at radius 2 is 2.00 bits per heavy atom. The van der Waals surface area contributed by atoms with E-state index in [0.29, 0.717) is 5.75 Å². The van der Waals surface area contributed by atoms with Crippen LogP contribution in [0.5, 0.6) is 5.75 Å². The summed E-state index contributed by atoms with van der Waals surface area (Å²) >= 11 is 0. The summed E-state index contributed by atoms with van der Waals surface area (Å²) in [5.41, 5.74) is 2.71. The quantitative estimate of drug-likeness (QED) is 0.835. The molecule has 0 aliphatic heterocycles. The molecular weight excluding hydrogens is 262 g/mol. The van der Waals surface area contributed by atoms with Gasteiger partial charge in [0.1, 0.15) is 12.4 Å². The molecule has 0 saturated carbocycles. The molecule has 2 rings (SSSR count). The smallest absolute Gasteiger partial charge is 0.272 e.